The second-order valence-corrected chi connectivity index (χ2v) is 4.32. The van der Waals surface area contributed by atoms with Gasteiger partial charge in [-0.05, 0) is 31.0 Å². The highest BCUT2D eigenvalue weighted by Crippen LogP contribution is 2.20. The molecule has 0 amide bonds. The summed E-state index contributed by atoms with van der Waals surface area (Å²) in [4.78, 5) is 12.4. The van der Waals surface area contributed by atoms with Crippen LogP contribution in [0.5, 0.6) is 0 Å². The Balaban J connectivity index is 2.27. The molecule has 0 unspecified atom stereocenters. The molecule has 2 rings (SSSR count). The van der Waals surface area contributed by atoms with E-state index in [2.05, 4.69) is 39.3 Å². The summed E-state index contributed by atoms with van der Waals surface area (Å²) in [6, 6.07) is 8.23. The highest BCUT2D eigenvalue weighted by molar-refractivity contribution is 5.92. The van der Waals surface area contributed by atoms with Gasteiger partial charge in [-0.25, -0.2) is 9.97 Å². The Morgan fingerprint density at radius 3 is 2.60 bits per heavy atom. The smallest absolute Gasteiger partial charge is 0.144 e. The molecule has 0 aliphatic heterocycles. The summed E-state index contributed by atoms with van der Waals surface area (Å²) in [5, 5.41) is 3.25. The van der Waals surface area contributed by atoms with Crippen LogP contribution in [0.2, 0.25) is 0 Å². The number of hydrogen-bond donors (Lipinski definition) is 2. The van der Waals surface area contributed by atoms with Crippen LogP contribution in [0.15, 0.2) is 35.6 Å². The lowest BCUT2D eigenvalue weighted by Gasteiger charge is -2.10. The third kappa shape index (κ3) is 3.32. The summed E-state index contributed by atoms with van der Waals surface area (Å²) >= 11 is 0. The van der Waals surface area contributed by atoms with Crippen LogP contribution in [0.4, 0.5) is 17.3 Å². The zero-order valence-corrected chi connectivity index (χ0v) is 11.8. The van der Waals surface area contributed by atoms with Crippen LogP contribution in [0, 0.1) is 0 Å². The second-order valence-electron chi connectivity index (χ2n) is 4.32. The molecule has 0 aliphatic carbocycles. The molecule has 0 bridgehead atoms. The average molecular weight is 269 g/mol. The van der Waals surface area contributed by atoms with Gasteiger partial charge in [0.05, 0.1) is 5.56 Å². The number of nitrogens with one attached hydrogen (secondary N) is 1. The minimum Gasteiger partial charge on any atom is -0.383 e. The summed E-state index contributed by atoms with van der Waals surface area (Å²) in [5.74, 6) is 1.09. The number of aryl methyl sites for hydroxylation is 1. The van der Waals surface area contributed by atoms with Crippen molar-refractivity contribution in [2.24, 2.45) is 4.99 Å². The summed E-state index contributed by atoms with van der Waals surface area (Å²) in [5.41, 5.74) is 8.86. The molecule has 5 nitrogen and oxygen atoms in total. The Morgan fingerprint density at radius 2 is 1.95 bits per heavy atom. The SMILES string of the molecule is CCN=Cc1c(N)ncnc1Nc1ccc(CC)cc1. The lowest BCUT2D eigenvalue weighted by molar-refractivity contribution is 1.13. The number of nitrogen functional groups attached to an aromatic ring is 1. The number of rotatable bonds is 5. The molecule has 0 fully saturated rings. The monoisotopic (exact) mass is 269 g/mol. The van der Waals surface area contributed by atoms with E-state index in [1.807, 2.05) is 19.1 Å². The van der Waals surface area contributed by atoms with E-state index < -0.39 is 0 Å². The first kappa shape index (κ1) is 14.0. The largest absolute Gasteiger partial charge is 0.383 e. The highest BCUT2D eigenvalue weighted by atomic mass is 15.0. The van der Waals surface area contributed by atoms with Gasteiger partial charge in [0.15, 0.2) is 0 Å². The third-order valence-corrected chi connectivity index (χ3v) is 2.94. The first-order valence-electron chi connectivity index (χ1n) is 6.70. The van der Waals surface area contributed by atoms with Gasteiger partial charge in [0.1, 0.15) is 18.0 Å². The molecule has 0 spiro atoms. The lowest BCUT2D eigenvalue weighted by Crippen LogP contribution is -2.05. The molecule has 0 radical (unpaired) electrons. The number of nitrogens with two attached hydrogens (primary N) is 1. The van der Waals surface area contributed by atoms with Crippen LogP contribution in [-0.4, -0.2) is 22.7 Å². The van der Waals surface area contributed by atoms with E-state index in [0.717, 1.165) is 12.1 Å². The Bertz CT molecular complexity index is 590. The van der Waals surface area contributed by atoms with E-state index in [0.29, 0.717) is 23.7 Å². The lowest BCUT2D eigenvalue weighted by atomic mass is 10.1. The first-order valence-corrected chi connectivity index (χ1v) is 6.70. The molecule has 0 saturated heterocycles. The Morgan fingerprint density at radius 1 is 1.20 bits per heavy atom. The standard InChI is InChI=1S/C15H19N5/c1-3-11-5-7-12(8-6-11)20-15-13(9-17-4-2)14(16)18-10-19-15/h5-10H,3-4H2,1-2H3,(H3,16,18,19,20). The van der Waals surface area contributed by atoms with E-state index in [9.17, 15) is 0 Å². The molecule has 3 N–H and O–H groups in total. The minimum absolute atomic E-state index is 0.421. The van der Waals surface area contributed by atoms with E-state index in [-0.39, 0.29) is 0 Å². The molecular formula is C15H19N5. The van der Waals surface area contributed by atoms with Crippen LogP contribution in [0.1, 0.15) is 25.0 Å². The van der Waals surface area contributed by atoms with Crippen LogP contribution in [0.3, 0.4) is 0 Å². The first-order chi connectivity index (χ1) is 9.74. The normalized spacial score (nSPS) is 10.9. The van der Waals surface area contributed by atoms with Gasteiger partial charge in [0.2, 0.25) is 0 Å². The summed E-state index contributed by atoms with van der Waals surface area (Å²) < 4.78 is 0. The van der Waals surface area contributed by atoms with Gasteiger partial charge in [-0.1, -0.05) is 19.1 Å². The minimum atomic E-state index is 0.421. The summed E-state index contributed by atoms with van der Waals surface area (Å²) in [6.45, 7) is 4.79. The van der Waals surface area contributed by atoms with Gasteiger partial charge in [-0.15, -0.1) is 0 Å². The molecule has 1 heterocycles. The van der Waals surface area contributed by atoms with Gasteiger partial charge < -0.3 is 11.1 Å². The third-order valence-electron chi connectivity index (χ3n) is 2.94. The molecule has 5 heteroatoms. The van der Waals surface area contributed by atoms with Gasteiger partial charge in [-0.2, -0.15) is 0 Å². The predicted molar refractivity (Wildman–Crippen MR) is 83.7 cm³/mol. The molecule has 20 heavy (non-hydrogen) atoms. The molecule has 0 saturated carbocycles. The zero-order chi connectivity index (χ0) is 14.4. The molecule has 2 aromatic rings. The fraction of sp³-hybridized carbons (Fsp3) is 0.267. The molecule has 0 atom stereocenters. The van der Waals surface area contributed by atoms with E-state index in [1.165, 1.54) is 11.9 Å². The molecule has 1 aromatic heterocycles. The number of nitrogens with zero attached hydrogens (tertiary/aromatic N) is 3. The Hall–Kier alpha value is -2.43. The maximum absolute atomic E-state index is 5.88. The van der Waals surface area contributed by atoms with Crippen LogP contribution in [-0.2, 0) is 6.42 Å². The fourth-order valence-corrected chi connectivity index (χ4v) is 1.78. The van der Waals surface area contributed by atoms with Crippen molar-refractivity contribution in [3.8, 4) is 0 Å². The Labute approximate surface area is 119 Å². The average Bonchev–Trinajstić information content (AvgIpc) is 2.47. The van der Waals surface area contributed by atoms with Gasteiger partial charge in [0.25, 0.3) is 0 Å². The van der Waals surface area contributed by atoms with Crippen LogP contribution >= 0.6 is 0 Å². The predicted octanol–water partition coefficient (Wildman–Crippen LogP) is 2.80. The van der Waals surface area contributed by atoms with E-state index in [1.54, 1.807) is 6.21 Å². The van der Waals surface area contributed by atoms with E-state index in [4.69, 9.17) is 5.73 Å². The van der Waals surface area contributed by atoms with Gasteiger partial charge in [-0.3, -0.25) is 4.99 Å². The van der Waals surface area contributed by atoms with Crippen molar-refractivity contribution >= 4 is 23.5 Å². The molecular weight excluding hydrogens is 250 g/mol. The second kappa shape index (κ2) is 6.65. The van der Waals surface area contributed by atoms with Crippen LogP contribution in [0.25, 0.3) is 0 Å². The van der Waals surface area contributed by atoms with Crippen molar-refractivity contribution in [3.63, 3.8) is 0 Å². The number of anilines is 3. The maximum atomic E-state index is 5.88. The van der Waals surface area contributed by atoms with Crippen molar-refractivity contribution in [2.75, 3.05) is 17.6 Å². The zero-order valence-electron chi connectivity index (χ0n) is 11.8. The molecule has 0 aliphatic rings. The summed E-state index contributed by atoms with van der Waals surface area (Å²) in [7, 11) is 0. The quantitative estimate of drug-likeness (QED) is 0.818. The van der Waals surface area contributed by atoms with Crippen LogP contribution < -0.4 is 11.1 Å². The maximum Gasteiger partial charge on any atom is 0.144 e. The Kier molecular flexibility index (Phi) is 4.65. The van der Waals surface area contributed by atoms with Crippen molar-refractivity contribution in [1.82, 2.24) is 9.97 Å². The number of aromatic nitrogens is 2. The van der Waals surface area contributed by atoms with Gasteiger partial charge >= 0.3 is 0 Å². The van der Waals surface area contributed by atoms with E-state index >= 15 is 0 Å². The van der Waals surface area contributed by atoms with Crippen molar-refractivity contribution in [2.45, 2.75) is 20.3 Å². The van der Waals surface area contributed by atoms with Crippen molar-refractivity contribution in [1.29, 1.82) is 0 Å². The topological polar surface area (TPSA) is 76.2 Å². The fourth-order valence-electron chi connectivity index (χ4n) is 1.78. The highest BCUT2D eigenvalue weighted by Gasteiger charge is 2.07. The molecule has 104 valence electrons. The van der Waals surface area contributed by atoms with Gasteiger partial charge in [0, 0.05) is 18.4 Å². The number of hydrogen-bond acceptors (Lipinski definition) is 5. The molecule has 1 aromatic carbocycles. The number of aliphatic imine (C=N–C) groups is 1. The van der Waals surface area contributed by atoms with Crippen molar-refractivity contribution in [3.05, 3.63) is 41.7 Å². The summed E-state index contributed by atoms with van der Waals surface area (Å²) in [6.07, 6.45) is 4.18. The number of benzene rings is 1. The van der Waals surface area contributed by atoms with Crippen molar-refractivity contribution < 1.29 is 0 Å².